The van der Waals surface area contributed by atoms with Crippen LogP contribution in [0.1, 0.15) is 18.1 Å². The van der Waals surface area contributed by atoms with Crippen molar-refractivity contribution in [3.8, 4) is 0 Å². The van der Waals surface area contributed by atoms with Gasteiger partial charge in [-0.2, -0.15) is 0 Å². The van der Waals surface area contributed by atoms with Crippen LogP contribution in [-0.4, -0.2) is 0 Å². The second-order valence-corrected chi connectivity index (χ2v) is 2.99. The molecule has 0 radical (unpaired) electrons. The second kappa shape index (κ2) is 4.51. The summed E-state index contributed by atoms with van der Waals surface area (Å²) in [7, 11) is 0. The van der Waals surface area contributed by atoms with Crippen molar-refractivity contribution in [3.05, 3.63) is 54.2 Å². The van der Waals surface area contributed by atoms with Crippen molar-refractivity contribution in [3.63, 3.8) is 0 Å². The third-order valence-corrected chi connectivity index (χ3v) is 1.79. The second-order valence-electron chi connectivity index (χ2n) is 2.99. The van der Waals surface area contributed by atoms with Crippen LogP contribution in [0.4, 0.5) is 0 Å². The normalized spacial score (nSPS) is 10.3. The van der Waals surface area contributed by atoms with E-state index in [0.29, 0.717) is 0 Å². The lowest BCUT2D eigenvalue weighted by atomic mass is 10.1. The minimum absolute atomic E-state index is 0.932. The Hall–Kier alpha value is -1.50. The lowest BCUT2D eigenvalue weighted by Gasteiger charge is -2.05. The summed E-state index contributed by atoms with van der Waals surface area (Å²) in [5, 5.41) is 3.10. The predicted octanol–water partition coefficient (Wildman–Crippen LogP) is 3.09. The number of hydrogen-bond donors (Lipinski definition) is 1. The standard InChI is InChI=1S/C12H15N/c1-4-8-13-11(3)12-7-5-6-10(2)9-12/h4-9,13H,3H2,1-2H3/b8-4-. The third kappa shape index (κ3) is 2.79. The van der Waals surface area contributed by atoms with Crippen molar-refractivity contribution in [2.24, 2.45) is 0 Å². The van der Waals surface area contributed by atoms with E-state index in [1.807, 2.05) is 31.3 Å². The molecule has 1 heteroatoms. The van der Waals surface area contributed by atoms with E-state index in [2.05, 4.69) is 31.0 Å². The van der Waals surface area contributed by atoms with Crippen molar-refractivity contribution in [1.29, 1.82) is 0 Å². The topological polar surface area (TPSA) is 12.0 Å². The highest BCUT2D eigenvalue weighted by molar-refractivity contribution is 5.62. The van der Waals surface area contributed by atoms with Crippen molar-refractivity contribution < 1.29 is 0 Å². The molecule has 0 amide bonds. The average molecular weight is 173 g/mol. The fourth-order valence-corrected chi connectivity index (χ4v) is 1.10. The molecule has 0 atom stereocenters. The summed E-state index contributed by atoms with van der Waals surface area (Å²) in [5.74, 6) is 0. The summed E-state index contributed by atoms with van der Waals surface area (Å²) in [4.78, 5) is 0. The van der Waals surface area contributed by atoms with Gasteiger partial charge in [-0.3, -0.25) is 0 Å². The zero-order valence-corrected chi connectivity index (χ0v) is 8.17. The third-order valence-electron chi connectivity index (χ3n) is 1.79. The number of nitrogens with one attached hydrogen (secondary N) is 1. The Kier molecular flexibility index (Phi) is 3.32. The largest absolute Gasteiger partial charge is 0.362 e. The molecule has 0 saturated carbocycles. The molecular weight excluding hydrogens is 158 g/mol. The van der Waals surface area contributed by atoms with E-state index < -0.39 is 0 Å². The van der Waals surface area contributed by atoms with Crippen LogP contribution in [0, 0.1) is 6.92 Å². The van der Waals surface area contributed by atoms with Gasteiger partial charge in [-0.05, 0) is 31.7 Å². The van der Waals surface area contributed by atoms with Crippen LogP contribution in [0.2, 0.25) is 0 Å². The van der Waals surface area contributed by atoms with Crippen molar-refractivity contribution in [2.45, 2.75) is 13.8 Å². The van der Waals surface area contributed by atoms with E-state index in [0.717, 1.165) is 11.3 Å². The molecule has 1 aromatic carbocycles. The van der Waals surface area contributed by atoms with Gasteiger partial charge >= 0.3 is 0 Å². The number of allylic oxidation sites excluding steroid dienone is 1. The summed E-state index contributed by atoms with van der Waals surface area (Å²) >= 11 is 0. The first-order valence-electron chi connectivity index (χ1n) is 4.37. The minimum atomic E-state index is 0.932. The van der Waals surface area contributed by atoms with Crippen LogP contribution in [0.15, 0.2) is 43.1 Å². The maximum absolute atomic E-state index is 3.94. The van der Waals surface area contributed by atoms with Gasteiger partial charge in [-0.15, -0.1) is 0 Å². The van der Waals surface area contributed by atoms with Crippen molar-refractivity contribution >= 4 is 5.70 Å². The maximum Gasteiger partial charge on any atom is 0.0380 e. The number of benzene rings is 1. The Morgan fingerprint density at radius 3 is 2.85 bits per heavy atom. The Morgan fingerprint density at radius 2 is 2.23 bits per heavy atom. The van der Waals surface area contributed by atoms with Gasteiger partial charge in [-0.25, -0.2) is 0 Å². The lowest BCUT2D eigenvalue weighted by Crippen LogP contribution is -2.01. The molecule has 0 bridgehead atoms. The van der Waals surface area contributed by atoms with Crippen LogP contribution in [0.25, 0.3) is 5.70 Å². The van der Waals surface area contributed by atoms with Gasteiger partial charge in [0.05, 0.1) is 0 Å². The monoisotopic (exact) mass is 173 g/mol. The Labute approximate surface area is 79.8 Å². The first kappa shape index (κ1) is 9.59. The SMILES string of the molecule is C=C(N/C=C\C)c1cccc(C)c1. The molecule has 68 valence electrons. The van der Waals surface area contributed by atoms with Crippen LogP contribution in [0.5, 0.6) is 0 Å². The smallest absolute Gasteiger partial charge is 0.0380 e. The van der Waals surface area contributed by atoms with Crippen LogP contribution in [0.3, 0.4) is 0 Å². The number of rotatable bonds is 3. The van der Waals surface area contributed by atoms with Gasteiger partial charge in [0.15, 0.2) is 0 Å². The van der Waals surface area contributed by atoms with Crippen LogP contribution < -0.4 is 5.32 Å². The molecule has 0 heterocycles. The summed E-state index contributed by atoms with van der Waals surface area (Å²) < 4.78 is 0. The molecular formula is C12H15N. The average Bonchev–Trinajstić information content (AvgIpc) is 2.14. The maximum atomic E-state index is 3.94. The van der Waals surface area contributed by atoms with E-state index in [-0.39, 0.29) is 0 Å². The van der Waals surface area contributed by atoms with E-state index in [1.54, 1.807) is 0 Å². The summed E-state index contributed by atoms with van der Waals surface area (Å²) in [6.07, 6.45) is 3.83. The van der Waals surface area contributed by atoms with Crippen LogP contribution >= 0.6 is 0 Å². The molecule has 0 fully saturated rings. The highest BCUT2D eigenvalue weighted by atomic mass is 14.8. The molecule has 0 aliphatic carbocycles. The minimum Gasteiger partial charge on any atom is -0.362 e. The molecule has 0 spiro atoms. The van der Waals surface area contributed by atoms with E-state index in [1.165, 1.54) is 5.56 Å². The first-order valence-corrected chi connectivity index (χ1v) is 4.37. The van der Waals surface area contributed by atoms with Crippen LogP contribution in [-0.2, 0) is 0 Å². The zero-order valence-electron chi connectivity index (χ0n) is 8.17. The van der Waals surface area contributed by atoms with Gasteiger partial charge in [0.1, 0.15) is 0 Å². The quantitative estimate of drug-likeness (QED) is 0.740. The Balaban J connectivity index is 2.77. The first-order chi connectivity index (χ1) is 6.24. The highest BCUT2D eigenvalue weighted by Crippen LogP contribution is 2.10. The fourth-order valence-electron chi connectivity index (χ4n) is 1.10. The highest BCUT2D eigenvalue weighted by Gasteiger charge is 1.95. The Bertz CT molecular complexity index is 324. The molecule has 1 N–H and O–H groups in total. The fraction of sp³-hybridized carbons (Fsp3) is 0.167. The molecule has 1 nitrogen and oxygen atoms in total. The van der Waals surface area contributed by atoms with Gasteiger partial charge in [0.2, 0.25) is 0 Å². The van der Waals surface area contributed by atoms with Crippen molar-refractivity contribution in [2.75, 3.05) is 0 Å². The molecule has 1 aromatic rings. The molecule has 1 rings (SSSR count). The Morgan fingerprint density at radius 1 is 1.46 bits per heavy atom. The summed E-state index contributed by atoms with van der Waals surface area (Å²) in [6, 6.07) is 8.27. The van der Waals surface area contributed by atoms with Gasteiger partial charge < -0.3 is 5.32 Å². The lowest BCUT2D eigenvalue weighted by molar-refractivity contribution is 1.21. The molecule has 0 aliphatic heterocycles. The molecule has 0 aromatic heterocycles. The number of aryl methyl sites for hydroxylation is 1. The van der Waals surface area contributed by atoms with E-state index in [4.69, 9.17) is 0 Å². The molecule has 0 saturated heterocycles. The molecule has 0 aliphatic rings. The van der Waals surface area contributed by atoms with E-state index >= 15 is 0 Å². The predicted molar refractivity (Wildman–Crippen MR) is 58.2 cm³/mol. The van der Waals surface area contributed by atoms with Crippen molar-refractivity contribution in [1.82, 2.24) is 5.32 Å². The zero-order chi connectivity index (χ0) is 9.68. The van der Waals surface area contributed by atoms with Gasteiger partial charge in [-0.1, -0.05) is 36.4 Å². The van der Waals surface area contributed by atoms with Gasteiger partial charge in [0, 0.05) is 5.70 Å². The molecule has 13 heavy (non-hydrogen) atoms. The van der Waals surface area contributed by atoms with Gasteiger partial charge in [0.25, 0.3) is 0 Å². The summed E-state index contributed by atoms with van der Waals surface area (Å²) in [5.41, 5.74) is 3.32. The molecule has 0 unspecified atom stereocenters. The summed E-state index contributed by atoms with van der Waals surface area (Å²) in [6.45, 7) is 7.99. The van der Waals surface area contributed by atoms with E-state index in [9.17, 15) is 0 Å². The number of hydrogen-bond acceptors (Lipinski definition) is 1.